The van der Waals surface area contributed by atoms with Gasteiger partial charge in [0.25, 0.3) is 0 Å². The fourth-order valence-electron chi connectivity index (χ4n) is 1.70. The van der Waals surface area contributed by atoms with E-state index in [-0.39, 0.29) is 11.8 Å². The number of halogens is 3. The Bertz CT molecular complexity index is 424. The van der Waals surface area contributed by atoms with Crippen LogP contribution >= 0.6 is 0 Å². The lowest BCUT2D eigenvalue weighted by atomic mass is 10.00. The zero-order valence-corrected chi connectivity index (χ0v) is 9.37. The van der Waals surface area contributed by atoms with Crippen molar-refractivity contribution in [1.82, 2.24) is 10.1 Å². The molecule has 0 radical (unpaired) electrons. The summed E-state index contributed by atoms with van der Waals surface area (Å²) in [5.74, 6) is -1.80. The summed E-state index contributed by atoms with van der Waals surface area (Å²) < 4.78 is 45.9. The first kappa shape index (κ1) is 13.0. The van der Waals surface area contributed by atoms with E-state index in [1.54, 1.807) is 0 Å². The van der Waals surface area contributed by atoms with Gasteiger partial charge < -0.3 is 9.26 Å². The molecule has 1 aliphatic rings. The van der Waals surface area contributed by atoms with Gasteiger partial charge in [-0.3, -0.25) is 4.79 Å². The molecule has 2 heterocycles. The van der Waals surface area contributed by atoms with Crippen LogP contribution in [-0.4, -0.2) is 35.3 Å². The van der Waals surface area contributed by atoms with Crippen LogP contribution < -0.4 is 0 Å². The van der Waals surface area contributed by atoms with Gasteiger partial charge in [-0.2, -0.15) is 18.2 Å². The van der Waals surface area contributed by atoms with Crippen LogP contribution in [0.4, 0.5) is 13.2 Å². The number of carbonyl (C=O) groups excluding carboxylic acids is 1. The Labute approximate surface area is 100 Å². The molecule has 0 amide bonds. The van der Waals surface area contributed by atoms with Crippen molar-refractivity contribution in [3.8, 4) is 0 Å². The van der Waals surface area contributed by atoms with Crippen molar-refractivity contribution in [2.75, 3.05) is 13.2 Å². The highest BCUT2D eigenvalue weighted by Crippen LogP contribution is 2.25. The van der Waals surface area contributed by atoms with E-state index >= 15 is 0 Å². The molecule has 1 aromatic heterocycles. The van der Waals surface area contributed by atoms with Crippen molar-refractivity contribution in [3.05, 3.63) is 11.7 Å². The topological polar surface area (TPSA) is 65.2 Å². The predicted octanol–water partition coefficient (Wildman–Crippen LogP) is 1.64. The second-order valence-corrected chi connectivity index (χ2v) is 4.03. The lowest BCUT2D eigenvalue weighted by molar-refractivity contribution is -0.170. The molecular weight excluding hydrogens is 253 g/mol. The van der Waals surface area contributed by atoms with Gasteiger partial charge in [0.15, 0.2) is 5.82 Å². The van der Waals surface area contributed by atoms with Crippen LogP contribution in [0.25, 0.3) is 0 Å². The fourth-order valence-corrected chi connectivity index (χ4v) is 1.70. The van der Waals surface area contributed by atoms with Crippen molar-refractivity contribution in [2.24, 2.45) is 0 Å². The highest BCUT2D eigenvalue weighted by Gasteiger charge is 2.39. The number of aromatic nitrogens is 2. The Kier molecular flexibility index (Phi) is 3.65. The molecule has 1 aliphatic heterocycles. The molecule has 1 fully saturated rings. The van der Waals surface area contributed by atoms with Crippen molar-refractivity contribution < 1.29 is 27.2 Å². The monoisotopic (exact) mass is 264 g/mol. The molecule has 0 aliphatic carbocycles. The minimum atomic E-state index is -4.87. The average Bonchev–Trinajstić information content (AvgIpc) is 2.77. The van der Waals surface area contributed by atoms with E-state index in [0.29, 0.717) is 31.9 Å². The van der Waals surface area contributed by atoms with Gasteiger partial charge in [0, 0.05) is 19.1 Å². The van der Waals surface area contributed by atoms with Gasteiger partial charge in [0.1, 0.15) is 0 Å². The zero-order chi connectivity index (χ0) is 13.2. The molecule has 0 saturated carbocycles. The smallest absolute Gasteiger partial charge is 0.381 e. The van der Waals surface area contributed by atoms with Gasteiger partial charge >= 0.3 is 6.18 Å². The van der Waals surface area contributed by atoms with Gasteiger partial charge in [-0.15, -0.1) is 0 Å². The number of ether oxygens (including phenoxy) is 1. The zero-order valence-electron chi connectivity index (χ0n) is 9.37. The van der Waals surface area contributed by atoms with Crippen LogP contribution in [0, 0.1) is 0 Å². The van der Waals surface area contributed by atoms with Crippen LogP contribution in [-0.2, 0) is 16.0 Å². The van der Waals surface area contributed by atoms with Crippen LogP contribution in [0.2, 0.25) is 0 Å². The van der Waals surface area contributed by atoms with Crippen LogP contribution in [0.1, 0.15) is 30.5 Å². The maximum absolute atomic E-state index is 12.0. The third kappa shape index (κ3) is 3.06. The molecule has 0 atom stereocenters. The Morgan fingerprint density at radius 2 is 2.00 bits per heavy atom. The summed E-state index contributed by atoms with van der Waals surface area (Å²) in [6.45, 7) is 1.13. The summed E-state index contributed by atoms with van der Waals surface area (Å²) >= 11 is 0. The van der Waals surface area contributed by atoms with Gasteiger partial charge in [-0.05, 0) is 12.8 Å². The van der Waals surface area contributed by atoms with Crippen molar-refractivity contribution >= 4 is 5.78 Å². The molecule has 0 bridgehead atoms. The number of hydrogen-bond donors (Lipinski definition) is 0. The number of carbonyl (C=O) groups is 1. The molecule has 8 heteroatoms. The Balaban J connectivity index is 1.99. The van der Waals surface area contributed by atoms with Gasteiger partial charge in [-0.1, -0.05) is 5.16 Å². The standard InChI is InChI=1S/C10H11F3N2O3/c11-10(12,13)7(16)5-8-14-9(15-18-8)6-1-3-17-4-2-6/h6H,1-5H2. The summed E-state index contributed by atoms with van der Waals surface area (Å²) in [6.07, 6.45) is -4.37. The maximum Gasteiger partial charge on any atom is 0.450 e. The predicted molar refractivity (Wildman–Crippen MR) is 51.9 cm³/mol. The molecule has 0 unspecified atom stereocenters. The van der Waals surface area contributed by atoms with Crippen molar-refractivity contribution in [2.45, 2.75) is 31.4 Å². The first-order valence-electron chi connectivity index (χ1n) is 5.47. The number of ketones is 1. The molecule has 100 valence electrons. The SMILES string of the molecule is O=C(Cc1nc(C2CCOCC2)no1)C(F)(F)F. The quantitative estimate of drug-likeness (QED) is 0.830. The van der Waals surface area contributed by atoms with Crippen molar-refractivity contribution in [3.63, 3.8) is 0 Å². The average molecular weight is 264 g/mol. The third-order valence-electron chi connectivity index (χ3n) is 2.70. The first-order chi connectivity index (χ1) is 8.47. The summed E-state index contributed by atoms with van der Waals surface area (Å²) in [6, 6.07) is 0. The highest BCUT2D eigenvalue weighted by molar-refractivity contribution is 5.85. The molecule has 18 heavy (non-hydrogen) atoms. The van der Waals surface area contributed by atoms with E-state index in [4.69, 9.17) is 4.74 Å². The van der Waals surface area contributed by atoms with E-state index in [0.717, 1.165) is 0 Å². The van der Waals surface area contributed by atoms with E-state index in [1.165, 1.54) is 0 Å². The maximum atomic E-state index is 12.0. The Hall–Kier alpha value is -1.44. The molecular formula is C10H11F3N2O3. The summed E-state index contributed by atoms with van der Waals surface area (Å²) in [4.78, 5) is 14.6. The lowest BCUT2D eigenvalue weighted by Crippen LogP contribution is -2.24. The number of alkyl halides is 3. The number of Topliss-reactive ketones (excluding diaryl/α,β-unsaturated/α-hetero) is 1. The van der Waals surface area contributed by atoms with Crippen LogP contribution in [0.15, 0.2) is 4.52 Å². The molecule has 0 N–H and O–H groups in total. The van der Waals surface area contributed by atoms with Gasteiger partial charge in [0.05, 0.1) is 6.42 Å². The third-order valence-corrected chi connectivity index (χ3v) is 2.70. The Morgan fingerprint density at radius 3 is 2.61 bits per heavy atom. The number of rotatable bonds is 3. The lowest BCUT2D eigenvalue weighted by Gasteiger charge is -2.18. The van der Waals surface area contributed by atoms with Crippen LogP contribution in [0.5, 0.6) is 0 Å². The minimum absolute atomic E-state index is 0.0252. The van der Waals surface area contributed by atoms with E-state index in [2.05, 4.69) is 14.7 Å². The number of hydrogen-bond acceptors (Lipinski definition) is 5. The second kappa shape index (κ2) is 5.05. The fraction of sp³-hybridized carbons (Fsp3) is 0.700. The molecule has 0 spiro atoms. The molecule has 1 saturated heterocycles. The highest BCUT2D eigenvalue weighted by atomic mass is 19.4. The van der Waals surface area contributed by atoms with E-state index in [1.807, 2.05) is 0 Å². The molecule has 2 rings (SSSR count). The minimum Gasteiger partial charge on any atom is -0.381 e. The largest absolute Gasteiger partial charge is 0.450 e. The Morgan fingerprint density at radius 1 is 1.33 bits per heavy atom. The summed E-state index contributed by atoms with van der Waals surface area (Å²) in [5.41, 5.74) is 0. The van der Waals surface area contributed by atoms with E-state index < -0.39 is 18.4 Å². The van der Waals surface area contributed by atoms with Crippen LogP contribution in [0.3, 0.4) is 0 Å². The molecule has 1 aromatic rings. The van der Waals surface area contributed by atoms with Crippen molar-refractivity contribution in [1.29, 1.82) is 0 Å². The van der Waals surface area contributed by atoms with E-state index in [9.17, 15) is 18.0 Å². The summed E-state index contributed by atoms with van der Waals surface area (Å²) in [5, 5.41) is 3.61. The normalized spacial score (nSPS) is 17.9. The molecule has 0 aromatic carbocycles. The number of nitrogens with zero attached hydrogens (tertiary/aromatic N) is 2. The van der Waals surface area contributed by atoms with Gasteiger partial charge in [-0.25, -0.2) is 0 Å². The van der Waals surface area contributed by atoms with Gasteiger partial charge in [0.2, 0.25) is 11.7 Å². The second-order valence-electron chi connectivity index (χ2n) is 4.03. The summed E-state index contributed by atoms with van der Waals surface area (Å²) in [7, 11) is 0. The molecule has 5 nitrogen and oxygen atoms in total. The first-order valence-corrected chi connectivity index (χ1v) is 5.47.